The molecule has 0 bridgehead atoms. The third-order valence-corrected chi connectivity index (χ3v) is 7.72. The first-order chi connectivity index (χ1) is 23.3. The number of aliphatic hydroxyl groups is 4. The summed E-state index contributed by atoms with van der Waals surface area (Å²) in [7, 11) is 4.60. The van der Waals surface area contributed by atoms with Gasteiger partial charge in [0.2, 0.25) is 5.75 Å². The number of carbonyl (C=O) groups is 5. The number of benzene rings is 1. The molecule has 1 aliphatic heterocycles. The Labute approximate surface area is 289 Å². The number of hydrogen-bond donors (Lipinski definition) is 8. The molecular formula is C31H50N2O17. The number of aliphatic hydroxyl groups excluding tert-OH is 4. The quantitative estimate of drug-likeness (QED) is 0.0956. The van der Waals surface area contributed by atoms with Gasteiger partial charge in [0.1, 0.15) is 6.10 Å². The van der Waals surface area contributed by atoms with E-state index >= 15 is 0 Å². The van der Waals surface area contributed by atoms with Crippen LogP contribution < -0.4 is 14.2 Å². The molecule has 50 heavy (non-hydrogen) atoms. The van der Waals surface area contributed by atoms with Crippen LogP contribution in [0.2, 0.25) is 0 Å². The molecule has 1 fully saturated rings. The number of likely N-dealkylation sites (N-methyl/N-ethyl adjacent to an activating group) is 1. The average molecular weight is 723 g/mol. The molecule has 2 rings (SSSR count). The molecule has 19 heteroatoms. The molecule has 1 heterocycles. The highest BCUT2D eigenvalue weighted by atomic mass is 16.5. The Morgan fingerprint density at radius 1 is 0.760 bits per heavy atom. The molecule has 1 aromatic carbocycles. The minimum Gasteiger partial charge on any atom is -0.493 e. The van der Waals surface area contributed by atoms with Crippen molar-refractivity contribution in [2.24, 2.45) is 5.92 Å². The van der Waals surface area contributed by atoms with Gasteiger partial charge in [-0.1, -0.05) is 20.8 Å². The van der Waals surface area contributed by atoms with Crippen LogP contribution in [0.5, 0.6) is 17.2 Å². The Morgan fingerprint density at radius 3 is 1.48 bits per heavy atom. The molecule has 1 saturated heterocycles. The molecular weight excluding hydrogens is 672 g/mol. The van der Waals surface area contributed by atoms with Gasteiger partial charge in [0.15, 0.2) is 35.9 Å². The summed E-state index contributed by atoms with van der Waals surface area (Å²) in [5.41, 5.74) is 0.397. The lowest BCUT2D eigenvalue weighted by Gasteiger charge is -2.41. The Balaban J connectivity index is 0.000000980. The number of carboxylic acids is 4. The molecule has 1 aliphatic rings. The monoisotopic (exact) mass is 722 g/mol. The molecule has 19 nitrogen and oxygen atoms in total. The number of piperidine rings is 1. The van der Waals surface area contributed by atoms with Gasteiger partial charge in [-0.2, -0.15) is 0 Å². The smallest absolute Gasteiger partial charge is 0.338 e. The zero-order chi connectivity index (χ0) is 38.9. The van der Waals surface area contributed by atoms with Gasteiger partial charge in [-0.25, -0.2) is 24.0 Å². The fourth-order valence-electron chi connectivity index (χ4n) is 4.62. The topological polar surface area (TPSA) is 291 Å². The second kappa shape index (κ2) is 22.4. The molecule has 0 amide bonds. The van der Waals surface area contributed by atoms with Crippen LogP contribution in [-0.4, -0.2) is 171 Å². The fourth-order valence-corrected chi connectivity index (χ4v) is 4.62. The molecule has 7 atom stereocenters. The predicted octanol–water partition coefficient (Wildman–Crippen LogP) is -0.935. The number of carbonyl (C=O) groups excluding carboxylic acids is 1. The largest absolute Gasteiger partial charge is 0.493 e. The number of nitrogens with zero attached hydrogens (tertiary/aromatic N) is 2. The van der Waals surface area contributed by atoms with Gasteiger partial charge in [0, 0.05) is 31.6 Å². The van der Waals surface area contributed by atoms with Crippen LogP contribution in [0.4, 0.5) is 0 Å². The number of ether oxygens (including phenoxy) is 4. The fraction of sp³-hybridized carbons (Fsp3) is 0.645. The summed E-state index contributed by atoms with van der Waals surface area (Å²) in [5, 5.41) is 65.1. The SMILES string of the molecule is CCN(CC)CCN1CC(C)C(OC(=O)c2cc(OC)c(OC)c(OC)c2)CC1C.O=C(O)[C@H](O)[C@@H](O)C(=O)O.O=C(O)[C@H](O)[C@@H](O)C(=O)O. The van der Waals surface area contributed by atoms with E-state index in [0.29, 0.717) is 28.9 Å². The Bertz CT molecular complexity index is 1160. The first-order valence-corrected chi connectivity index (χ1v) is 15.4. The molecule has 3 unspecified atom stereocenters. The van der Waals surface area contributed by atoms with Crippen LogP contribution in [0.1, 0.15) is 44.5 Å². The number of likely N-dealkylation sites (tertiary alicyclic amines) is 1. The normalized spacial score (nSPS) is 19.6. The van der Waals surface area contributed by atoms with E-state index in [1.165, 1.54) is 21.3 Å². The number of hydrogen-bond acceptors (Lipinski definition) is 15. The molecule has 0 aliphatic carbocycles. The first-order valence-electron chi connectivity index (χ1n) is 15.4. The third kappa shape index (κ3) is 14.3. The summed E-state index contributed by atoms with van der Waals surface area (Å²) in [5.74, 6) is -5.83. The van der Waals surface area contributed by atoms with Gasteiger partial charge < -0.3 is 64.7 Å². The maximum absolute atomic E-state index is 12.9. The highest BCUT2D eigenvalue weighted by Gasteiger charge is 2.34. The van der Waals surface area contributed by atoms with Crippen molar-refractivity contribution in [1.29, 1.82) is 0 Å². The molecule has 0 saturated carbocycles. The third-order valence-electron chi connectivity index (χ3n) is 7.72. The minimum atomic E-state index is -2.27. The van der Waals surface area contributed by atoms with Crippen LogP contribution >= 0.6 is 0 Å². The molecule has 286 valence electrons. The van der Waals surface area contributed by atoms with Gasteiger partial charge in [0.05, 0.1) is 26.9 Å². The van der Waals surface area contributed by atoms with Crippen molar-refractivity contribution in [3.63, 3.8) is 0 Å². The molecule has 0 radical (unpaired) electrons. The van der Waals surface area contributed by atoms with Crippen molar-refractivity contribution in [2.45, 2.75) is 70.7 Å². The molecule has 0 spiro atoms. The van der Waals surface area contributed by atoms with Gasteiger partial charge in [-0.15, -0.1) is 0 Å². The highest BCUT2D eigenvalue weighted by Crippen LogP contribution is 2.38. The Hall–Kier alpha value is -4.27. The van der Waals surface area contributed by atoms with Gasteiger partial charge in [-0.3, -0.25) is 4.90 Å². The Kier molecular flexibility index (Phi) is 20.5. The standard InChI is InChI=1S/C23H38N2O5.2C4H6O6/c1-8-24(9-2)10-11-25-15-16(3)19(12-17(25)4)30-23(26)18-13-20(27-5)22(29-7)21(14-18)28-6;2*5-1(3(7)8)2(6)4(9)10/h13-14,16-17,19H,8-12,15H2,1-7H3;2*1-2,5-6H,(H,7,8)(H,9,10)/t;2*1-,2-/m.11/s1. The molecule has 1 aromatic rings. The van der Waals surface area contributed by atoms with Crippen LogP contribution in [-0.2, 0) is 23.9 Å². The number of methoxy groups -OCH3 is 3. The van der Waals surface area contributed by atoms with E-state index in [9.17, 15) is 24.0 Å². The maximum atomic E-state index is 12.9. The van der Waals surface area contributed by atoms with Crippen LogP contribution in [0, 0.1) is 5.92 Å². The maximum Gasteiger partial charge on any atom is 0.338 e. The lowest BCUT2D eigenvalue weighted by Crippen LogP contribution is -2.50. The predicted molar refractivity (Wildman–Crippen MR) is 172 cm³/mol. The van der Waals surface area contributed by atoms with Crippen molar-refractivity contribution in [3.8, 4) is 17.2 Å². The van der Waals surface area contributed by atoms with Crippen molar-refractivity contribution in [2.75, 3.05) is 54.1 Å². The second-order valence-corrected chi connectivity index (χ2v) is 11.1. The van der Waals surface area contributed by atoms with Crippen LogP contribution in [0.15, 0.2) is 12.1 Å². The molecule has 0 aromatic heterocycles. The van der Waals surface area contributed by atoms with Crippen molar-refractivity contribution in [3.05, 3.63) is 17.7 Å². The van der Waals surface area contributed by atoms with Gasteiger partial charge in [-0.05, 0) is 38.6 Å². The second-order valence-electron chi connectivity index (χ2n) is 11.1. The Morgan fingerprint density at radius 2 is 1.16 bits per heavy atom. The number of esters is 1. The van der Waals surface area contributed by atoms with E-state index in [2.05, 4.69) is 37.5 Å². The lowest BCUT2D eigenvalue weighted by atomic mass is 9.91. The summed E-state index contributed by atoms with van der Waals surface area (Å²) in [6, 6.07) is 3.64. The van der Waals surface area contributed by atoms with Crippen molar-refractivity contribution in [1.82, 2.24) is 9.80 Å². The van der Waals surface area contributed by atoms with Crippen molar-refractivity contribution >= 4 is 29.8 Å². The summed E-state index contributed by atoms with van der Waals surface area (Å²) in [6.07, 6.45) is -8.35. The van der Waals surface area contributed by atoms with E-state index in [4.69, 9.17) is 59.8 Å². The number of aliphatic carboxylic acids is 4. The first kappa shape index (κ1) is 45.7. The summed E-state index contributed by atoms with van der Waals surface area (Å²) in [6.45, 7) is 14.0. The average Bonchev–Trinajstić information content (AvgIpc) is 3.08. The van der Waals surface area contributed by atoms with Gasteiger partial charge >= 0.3 is 29.8 Å². The highest BCUT2D eigenvalue weighted by molar-refractivity contribution is 5.91. The van der Waals surface area contributed by atoms with Crippen LogP contribution in [0.3, 0.4) is 0 Å². The van der Waals surface area contributed by atoms with Crippen LogP contribution in [0.25, 0.3) is 0 Å². The van der Waals surface area contributed by atoms with E-state index in [1.54, 1.807) is 12.1 Å². The summed E-state index contributed by atoms with van der Waals surface area (Å²) in [4.78, 5) is 56.9. The van der Waals surface area contributed by atoms with Crippen molar-refractivity contribution < 1.29 is 83.8 Å². The summed E-state index contributed by atoms with van der Waals surface area (Å²) < 4.78 is 22.0. The zero-order valence-corrected chi connectivity index (χ0v) is 29.1. The van der Waals surface area contributed by atoms with E-state index in [1.807, 2.05) is 0 Å². The molecule has 8 N–H and O–H groups in total. The van der Waals surface area contributed by atoms with E-state index in [0.717, 1.165) is 39.1 Å². The minimum absolute atomic E-state index is 0.115. The number of carboxylic acid groups (broad SMARTS) is 4. The lowest BCUT2D eigenvalue weighted by molar-refractivity contribution is -0.165. The van der Waals surface area contributed by atoms with Gasteiger partial charge in [0.25, 0.3) is 0 Å². The van der Waals surface area contributed by atoms with E-state index < -0.39 is 48.3 Å². The summed E-state index contributed by atoms with van der Waals surface area (Å²) >= 11 is 0. The zero-order valence-electron chi connectivity index (χ0n) is 29.1. The number of rotatable bonds is 16. The van der Waals surface area contributed by atoms with E-state index in [-0.39, 0.29) is 18.0 Å².